The predicted octanol–water partition coefficient (Wildman–Crippen LogP) is 8.01. The number of aliphatic hydroxyl groups is 1. The van der Waals surface area contributed by atoms with E-state index in [9.17, 15) is 14.7 Å². The highest BCUT2D eigenvalue weighted by atomic mass is 35.5. The van der Waals surface area contributed by atoms with Gasteiger partial charge in [-0.15, -0.1) is 10.2 Å². The van der Waals surface area contributed by atoms with Gasteiger partial charge in [-0.3, -0.25) is 14.5 Å². The highest BCUT2D eigenvalue weighted by Gasteiger charge is 2.48. The summed E-state index contributed by atoms with van der Waals surface area (Å²) in [7, 11) is 0. The summed E-state index contributed by atoms with van der Waals surface area (Å²) < 4.78 is 18.4. The maximum absolute atomic E-state index is 13.8. The zero-order valence-corrected chi connectivity index (χ0v) is 28.6. The maximum Gasteiger partial charge on any atom is 0.301 e. The van der Waals surface area contributed by atoms with Crippen LogP contribution in [0.3, 0.4) is 0 Å². The average Bonchev–Trinajstić information content (AvgIpc) is 3.76. The molecular weight excluding hydrogens is 658 g/mol. The lowest BCUT2D eigenvalue weighted by molar-refractivity contribution is -0.132. The van der Waals surface area contributed by atoms with Gasteiger partial charge in [-0.05, 0) is 73.4 Å². The van der Waals surface area contributed by atoms with Crippen molar-refractivity contribution >= 4 is 57.3 Å². The molecule has 0 unspecified atom stereocenters. The van der Waals surface area contributed by atoms with Crippen LogP contribution in [-0.4, -0.2) is 46.3 Å². The largest absolute Gasteiger partial charge is 0.507 e. The van der Waals surface area contributed by atoms with Gasteiger partial charge in [0.15, 0.2) is 15.8 Å². The molecule has 3 heterocycles. The Hall–Kier alpha value is -4.06. The van der Waals surface area contributed by atoms with E-state index in [4.69, 9.17) is 25.8 Å². The number of halogens is 1. The third-order valence-electron chi connectivity index (χ3n) is 7.86. The van der Waals surface area contributed by atoms with Gasteiger partial charge in [0.25, 0.3) is 5.78 Å². The van der Waals surface area contributed by atoms with Gasteiger partial charge in [0, 0.05) is 22.8 Å². The maximum atomic E-state index is 13.8. The number of aliphatic hydroxyl groups excluding tert-OH is 1. The van der Waals surface area contributed by atoms with Crippen molar-refractivity contribution in [3.8, 4) is 17.2 Å². The molecule has 1 saturated heterocycles. The van der Waals surface area contributed by atoms with Crippen LogP contribution in [0.4, 0.5) is 5.13 Å². The molecule has 0 aliphatic carbocycles. The number of unbranched alkanes of at least 4 members (excludes halogenated alkanes) is 1. The summed E-state index contributed by atoms with van der Waals surface area (Å²) in [6.07, 6.45) is 2.53. The second-order valence-corrected chi connectivity index (χ2v) is 13.8. The first kappa shape index (κ1) is 32.9. The summed E-state index contributed by atoms with van der Waals surface area (Å²) in [4.78, 5) is 29.0. The molecule has 47 heavy (non-hydrogen) atoms. The first-order valence-corrected chi connectivity index (χ1v) is 17.7. The third-order valence-corrected chi connectivity index (χ3v) is 10.3. The quantitative estimate of drug-likeness (QED) is 0.0394. The van der Waals surface area contributed by atoms with Crippen molar-refractivity contribution in [2.45, 2.75) is 62.3 Å². The monoisotopic (exact) mass is 691 g/mol. The van der Waals surface area contributed by atoms with E-state index in [2.05, 4.69) is 17.1 Å². The van der Waals surface area contributed by atoms with Gasteiger partial charge in [0.05, 0.1) is 24.8 Å². The average molecular weight is 692 g/mol. The Bertz CT molecular complexity index is 1840. The zero-order valence-electron chi connectivity index (χ0n) is 26.2. The van der Waals surface area contributed by atoms with E-state index in [1.54, 1.807) is 30.3 Å². The molecule has 0 radical (unpaired) electrons. The van der Waals surface area contributed by atoms with Crippen LogP contribution in [-0.2, 0) is 21.8 Å². The summed E-state index contributed by atoms with van der Waals surface area (Å²) in [5.74, 6) is 0.411. The van der Waals surface area contributed by atoms with Crippen LogP contribution in [0.1, 0.15) is 61.9 Å². The Labute approximate surface area is 286 Å². The first-order chi connectivity index (χ1) is 22.8. The molecule has 0 bridgehead atoms. The van der Waals surface area contributed by atoms with Gasteiger partial charge >= 0.3 is 5.91 Å². The lowest BCUT2D eigenvalue weighted by Gasteiger charge is -2.23. The third kappa shape index (κ3) is 6.83. The van der Waals surface area contributed by atoms with E-state index in [0.29, 0.717) is 57.4 Å². The number of benzene rings is 3. The molecule has 1 aromatic heterocycles. The fourth-order valence-electron chi connectivity index (χ4n) is 5.59. The van der Waals surface area contributed by atoms with Crippen LogP contribution < -0.4 is 19.1 Å². The number of Topliss-reactive ketones (excluding diaryl/α,β-unsaturated/α-hetero) is 1. The molecule has 4 aromatic rings. The first-order valence-electron chi connectivity index (χ1n) is 15.5. The normalized spacial score (nSPS) is 18.3. The van der Waals surface area contributed by atoms with Crippen LogP contribution in [0.2, 0.25) is 5.02 Å². The molecule has 2 atom stereocenters. The van der Waals surface area contributed by atoms with E-state index in [-0.39, 0.29) is 22.6 Å². The van der Waals surface area contributed by atoms with Crippen molar-refractivity contribution in [1.29, 1.82) is 0 Å². The summed E-state index contributed by atoms with van der Waals surface area (Å²) in [5, 5.41) is 21.3. The Morgan fingerprint density at radius 3 is 2.70 bits per heavy atom. The fourth-order valence-corrected chi connectivity index (χ4v) is 7.75. The molecule has 1 fully saturated rings. The van der Waals surface area contributed by atoms with Gasteiger partial charge < -0.3 is 19.3 Å². The molecule has 0 saturated carbocycles. The van der Waals surface area contributed by atoms with Gasteiger partial charge in [-0.1, -0.05) is 72.3 Å². The molecular formula is C35H34ClN3O6S2. The van der Waals surface area contributed by atoms with Crippen molar-refractivity contribution in [2.24, 2.45) is 0 Å². The summed E-state index contributed by atoms with van der Waals surface area (Å²) in [6, 6.07) is 17.1. The fraction of sp³-hybridized carbons (Fsp3) is 0.314. The van der Waals surface area contributed by atoms with Crippen LogP contribution in [0.15, 0.2) is 70.6 Å². The van der Waals surface area contributed by atoms with Crippen molar-refractivity contribution in [2.75, 3.05) is 18.1 Å². The number of hydrogen-bond donors (Lipinski definition) is 1. The number of carbonyl (C=O) groups excluding carboxylic acids is 2. The van der Waals surface area contributed by atoms with E-state index < -0.39 is 17.7 Å². The van der Waals surface area contributed by atoms with Crippen molar-refractivity contribution in [3.63, 3.8) is 0 Å². The predicted molar refractivity (Wildman–Crippen MR) is 184 cm³/mol. The van der Waals surface area contributed by atoms with E-state index >= 15 is 0 Å². The van der Waals surface area contributed by atoms with Gasteiger partial charge in [-0.2, -0.15) is 0 Å². The molecule has 1 N–H and O–H groups in total. The second kappa shape index (κ2) is 14.4. The van der Waals surface area contributed by atoms with Crippen molar-refractivity contribution in [3.05, 3.63) is 93.5 Å². The minimum absolute atomic E-state index is 0.00501. The van der Waals surface area contributed by atoms with Gasteiger partial charge in [0.2, 0.25) is 5.13 Å². The molecule has 2 aliphatic heterocycles. The lowest BCUT2D eigenvalue weighted by atomic mass is 9.94. The number of hydrogen-bond acceptors (Lipinski definition) is 10. The number of rotatable bonds is 12. The van der Waals surface area contributed by atoms with Crippen LogP contribution in [0.5, 0.6) is 17.2 Å². The Kier molecular flexibility index (Phi) is 10.0. The number of fused-ring (bicyclic) bond motifs is 1. The number of ketones is 1. The molecule has 244 valence electrons. The summed E-state index contributed by atoms with van der Waals surface area (Å²) in [5.41, 5.74) is 2.78. The number of carbonyl (C=O) groups is 2. The zero-order chi connectivity index (χ0) is 33.1. The summed E-state index contributed by atoms with van der Waals surface area (Å²) >= 11 is 8.97. The minimum Gasteiger partial charge on any atom is -0.507 e. The van der Waals surface area contributed by atoms with Crippen LogP contribution in [0, 0.1) is 0 Å². The number of anilines is 1. The topological polar surface area (TPSA) is 111 Å². The number of ether oxygens (including phenoxy) is 3. The summed E-state index contributed by atoms with van der Waals surface area (Å²) in [6.45, 7) is 6.83. The lowest BCUT2D eigenvalue weighted by Crippen LogP contribution is -2.29. The minimum atomic E-state index is -1.00. The van der Waals surface area contributed by atoms with Gasteiger partial charge in [0.1, 0.15) is 17.6 Å². The van der Waals surface area contributed by atoms with E-state index in [0.717, 1.165) is 29.7 Å². The molecule has 0 spiro atoms. The molecule has 2 aliphatic rings. The molecule has 12 heteroatoms. The number of aromatic nitrogens is 2. The number of amides is 1. The Morgan fingerprint density at radius 2 is 1.91 bits per heavy atom. The number of nitrogens with zero attached hydrogens (tertiary/aromatic N) is 3. The standard InChI is InChI=1S/C35H34ClN3O6S2/c1-4-6-15-44-27-14-11-21(18-28(27)43-5-2)30-29(31(40)22-12-13-26-24(17-22)16-20(3)45-26)32(41)33(42)39(30)34-37-38-35(47-34)46-19-23-9-7-8-10-25(23)36/h7-14,17-18,20,30,40H,4-6,15-16,19H2,1-3H3/b31-29+/t20-,30-/m0/s1. The van der Waals surface area contributed by atoms with Crippen molar-refractivity contribution in [1.82, 2.24) is 10.2 Å². The SMILES string of the molecule is CCCCOc1ccc([C@H]2/C(=C(\O)c3ccc4c(c3)C[C@H](C)O4)C(=O)C(=O)N2c2nnc(SCc3ccccc3Cl)s2)cc1OCC. The van der Waals surface area contributed by atoms with Crippen LogP contribution in [0.25, 0.3) is 5.76 Å². The molecule has 9 nitrogen and oxygen atoms in total. The second-order valence-electron chi connectivity index (χ2n) is 11.2. The Balaban J connectivity index is 1.42. The van der Waals surface area contributed by atoms with E-state index in [1.165, 1.54) is 28.0 Å². The molecule has 6 rings (SSSR count). The van der Waals surface area contributed by atoms with Gasteiger partial charge in [-0.25, -0.2) is 0 Å². The molecule has 3 aromatic carbocycles. The highest BCUT2D eigenvalue weighted by molar-refractivity contribution is 8.00. The highest BCUT2D eigenvalue weighted by Crippen LogP contribution is 2.46. The van der Waals surface area contributed by atoms with Crippen molar-refractivity contribution < 1.29 is 28.9 Å². The molecule has 1 amide bonds. The number of thioether (sulfide) groups is 1. The smallest absolute Gasteiger partial charge is 0.301 e. The van der Waals surface area contributed by atoms with Crippen LogP contribution >= 0.6 is 34.7 Å². The Morgan fingerprint density at radius 1 is 1.09 bits per heavy atom. The van der Waals surface area contributed by atoms with E-state index in [1.807, 2.05) is 44.2 Å².